The first-order chi connectivity index (χ1) is 27.5. The first kappa shape index (κ1) is 37.2. The lowest BCUT2D eigenvalue weighted by Gasteiger charge is -2.54. The molecule has 1 atom stereocenters. The Balaban J connectivity index is 0.759. The van der Waals surface area contributed by atoms with Crippen LogP contribution in [-0.4, -0.2) is 92.9 Å². The van der Waals surface area contributed by atoms with Crippen LogP contribution in [0, 0.1) is 17.2 Å². The highest BCUT2D eigenvalue weighted by Crippen LogP contribution is 2.53. The molecule has 2 aromatic carbocycles. The summed E-state index contributed by atoms with van der Waals surface area (Å²) in [5.74, 6) is -0.920. The number of likely N-dealkylation sites (tertiary alicyclic amines) is 1. The third kappa shape index (κ3) is 7.24. The predicted octanol–water partition coefficient (Wildman–Crippen LogP) is 5.55. The molecule has 2 aromatic heterocycles. The molecule has 6 heterocycles. The van der Waals surface area contributed by atoms with E-state index in [1.807, 2.05) is 30.9 Å². The van der Waals surface area contributed by atoms with Crippen molar-refractivity contribution in [1.82, 2.24) is 29.7 Å². The maximum absolute atomic E-state index is 15.2. The van der Waals surface area contributed by atoms with E-state index in [0.29, 0.717) is 58.1 Å². The number of hydrogen-bond donors (Lipinski definition) is 2. The number of amides is 4. The molecule has 3 saturated heterocycles. The molecule has 13 nitrogen and oxygen atoms in total. The molecular formula is C43H49FN8O5. The second-order valence-electron chi connectivity index (χ2n) is 17.0. The molecule has 2 N–H and O–H groups in total. The van der Waals surface area contributed by atoms with Crippen LogP contribution < -0.4 is 20.3 Å². The largest absolute Gasteiger partial charge is 0.489 e. The predicted molar refractivity (Wildman–Crippen MR) is 211 cm³/mol. The van der Waals surface area contributed by atoms with E-state index in [9.17, 15) is 19.2 Å². The second-order valence-corrected chi connectivity index (χ2v) is 17.0. The van der Waals surface area contributed by atoms with E-state index in [2.05, 4.69) is 30.5 Å². The number of anilines is 2. The maximum Gasteiger partial charge on any atom is 0.261 e. The van der Waals surface area contributed by atoms with Crippen molar-refractivity contribution in [2.75, 3.05) is 42.9 Å². The summed E-state index contributed by atoms with van der Waals surface area (Å²) in [6, 6.07) is 10.8. The smallest absolute Gasteiger partial charge is 0.261 e. The third-order valence-electron chi connectivity index (χ3n) is 12.9. The first-order valence-corrected chi connectivity index (χ1v) is 20.4. The van der Waals surface area contributed by atoms with Crippen molar-refractivity contribution in [2.45, 2.75) is 89.8 Å². The molecule has 4 amide bonds. The molecular weight excluding hydrogens is 728 g/mol. The molecule has 4 aromatic rings. The fourth-order valence-electron chi connectivity index (χ4n) is 9.99. The van der Waals surface area contributed by atoms with E-state index >= 15 is 4.39 Å². The average molecular weight is 777 g/mol. The molecule has 298 valence electrons. The Morgan fingerprint density at radius 2 is 1.84 bits per heavy atom. The number of carbonyl (C=O) groups is 4. The van der Waals surface area contributed by atoms with Gasteiger partial charge >= 0.3 is 0 Å². The number of imide groups is 1. The van der Waals surface area contributed by atoms with Gasteiger partial charge in [-0.05, 0) is 106 Å². The molecule has 57 heavy (non-hydrogen) atoms. The Kier molecular flexibility index (Phi) is 9.70. The summed E-state index contributed by atoms with van der Waals surface area (Å²) in [4.78, 5) is 62.2. The van der Waals surface area contributed by atoms with Crippen LogP contribution in [-0.2, 0) is 16.1 Å². The van der Waals surface area contributed by atoms with Crippen LogP contribution in [0.4, 0.5) is 15.8 Å². The highest BCUT2D eigenvalue weighted by molar-refractivity contribution is 6.09. The standard InChI is InChI=1S/C43H49FN8O5/c1-26(2)57-37-20-33-28(18-36(37)47-41(55)34-23-46-52-13-3-12-45-39(34)52)25-51(42(33)56)29-8-14-49(15-9-29)24-27-21-43(22-27)10-16-50(17-11-43)30-4-5-31(35(44)19-30)32-6-7-38(53)48-40(32)54/h3-5,12-13,18-20,23,26-27,29,32H,6-11,14-17,21-22,24-25H2,1-2H3,(H,47,55)(H,48,53,54). The van der Waals surface area contributed by atoms with E-state index in [-0.39, 0.29) is 42.1 Å². The van der Waals surface area contributed by atoms with Crippen LogP contribution >= 0.6 is 0 Å². The SMILES string of the molecule is CC(C)Oc1cc2c(cc1NC(=O)c1cnn3cccnc13)CN(C1CCN(CC3CC4(CCN(c5ccc(C6CCC(=O)NC6=O)c(F)c5)CC4)C3)CC1)C2=O. The lowest BCUT2D eigenvalue weighted by molar-refractivity contribution is -0.134. The number of nitrogens with one attached hydrogen (secondary N) is 2. The van der Waals surface area contributed by atoms with Crippen molar-refractivity contribution in [1.29, 1.82) is 0 Å². The Morgan fingerprint density at radius 1 is 1.05 bits per heavy atom. The number of nitrogens with zero attached hydrogens (tertiary/aromatic N) is 6. The van der Waals surface area contributed by atoms with E-state index in [0.717, 1.165) is 69.7 Å². The monoisotopic (exact) mass is 776 g/mol. The normalized spacial score (nSPS) is 21.6. The zero-order valence-corrected chi connectivity index (χ0v) is 32.5. The van der Waals surface area contributed by atoms with Gasteiger partial charge in [0, 0.05) is 80.9 Å². The molecule has 5 aliphatic rings. The summed E-state index contributed by atoms with van der Waals surface area (Å²) in [5.41, 5.74) is 4.41. The molecule has 9 rings (SSSR count). The van der Waals surface area contributed by atoms with Crippen LogP contribution in [0.1, 0.15) is 103 Å². The van der Waals surface area contributed by atoms with Gasteiger partial charge in [-0.1, -0.05) is 6.07 Å². The fraction of sp³-hybridized carbons (Fsp3) is 0.488. The van der Waals surface area contributed by atoms with Crippen molar-refractivity contribution in [3.05, 3.63) is 83.1 Å². The van der Waals surface area contributed by atoms with Gasteiger partial charge in [0.25, 0.3) is 11.8 Å². The average Bonchev–Trinajstić information content (AvgIpc) is 3.76. The number of piperidine rings is 3. The maximum atomic E-state index is 15.2. The minimum absolute atomic E-state index is 0.0158. The molecule has 1 spiro atoms. The number of halogens is 1. The highest BCUT2D eigenvalue weighted by Gasteiger charge is 2.46. The zero-order valence-electron chi connectivity index (χ0n) is 32.5. The molecule has 14 heteroatoms. The van der Waals surface area contributed by atoms with Crippen LogP contribution in [0.3, 0.4) is 0 Å². The van der Waals surface area contributed by atoms with E-state index in [1.54, 1.807) is 41.2 Å². The lowest BCUT2D eigenvalue weighted by Crippen LogP contribution is -2.51. The highest BCUT2D eigenvalue weighted by atomic mass is 19.1. The number of fused-ring (bicyclic) bond motifs is 2. The Bertz CT molecular complexity index is 2230. The van der Waals surface area contributed by atoms with Crippen molar-refractivity contribution < 1.29 is 28.3 Å². The topological polar surface area (TPSA) is 141 Å². The second kappa shape index (κ2) is 14.9. The fourth-order valence-corrected chi connectivity index (χ4v) is 9.99. The molecule has 1 aliphatic carbocycles. The van der Waals surface area contributed by atoms with Gasteiger partial charge < -0.3 is 24.8 Å². The van der Waals surface area contributed by atoms with Gasteiger partial charge in [-0.15, -0.1) is 0 Å². The van der Waals surface area contributed by atoms with Crippen molar-refractivity contribution in [3.63, 3.8) is 0 Å². The molecule has 1 saturated carbocycles. The van der Waals surface area contributed by atoms with E-state index in [1.165, 1.54) is 19.0 Å². The minimum atomic E-state index is -0.623. The zero-order chi connectivity index (χ0) is 39.4. The van der Waals surface area contributed by atoms with Gasteiger partial charge in [-0.25, -0.2) is 13.9 Å². The summed E-state index contributed by atoms with van der Waals surface area (Å²) in [5, 5.41) is 9.58. The van der Waals surface area contributed by atoms with Crippen LogP contribution in [0.2, 0.25) is 0 Å². The Hall–Kier alpha value is -5.37. The van der Waals surface area contributed by atoms with Gasteiger partial charge in [0.05, 0.1) is 23.9 Å². The summed E-state index contributed by atoms with van der Waals surface area (Å²) in [6.45, 7) is 9.11. The Labute approximate surface area is 330 Å². The molecule has 4 aliphatic heterocycles. The third-order valence-corrected chi connectivity index (χ3v) is 12.9. The first-order valence-electron chi connectivity index (χ1n) is 20.4. The number of ether oxygens (including phenoxy) is 1. The van der Waals surface area contributed by atoms with Crippen LogP contribution in [0.5, 0.6) is 5.75 Å². The number of rotatable bonds is 9. The summed E-state index contributed by atoms with van der Waals surface area (Å²) in [6.07, 6.45) is 11.7. The van der Waals surface area contributed by atoms with Crippen LogP contribution in [0.25, 0.3) is 5.65 Å². The molecule has 0 radical (unpaired) electrons. The van der Waals surface area contributed by atoms with E-state index in [4.69, 9.17) is 4.74 Å². The molecule has 1 unspecified atom stereocenters. The van der Waals surface area contributed by atoms with Gasteiger partial charge in [0.2, 0.25) is 11.8 Å². The summed E-state index contributed by atoms with van der Waals surface area (Å²) < 4.78 is 22.9. The van der Waals surface area contributed by atoms with Crippen molar-refractivity contribution >= 4 is 40.7 Å². The quantitative estimate of drug-likeness (QED) is 0.210. The number of hydrogen-bond acceptors (Lipinski definition) is 9. The number of carbonyl (C=O) groups excluding carboxylic acids is 4. The lowest BCUT2D eigenvalue weighted by atomic mass is 9.57. The molecule has 4 fully saturated rings. The van der Waals surface area contributed by atoms with Crippen molar-refractivity contribution in [3.8, 4) is 5.75 Å². The van der Waals surface area contributed by atoms with Gasteiger partial charge in [-0.2, -0.15) is 5.10 Å². The number of aromatic nitrogens is 3. The van der Waals surface area contributed by atoms with E-state index < -0.39 is 11.8 Å². The minimum Gasteiger partial charge on any atom is -0.489 e. The summed E-state index contributed by atoms with van der Waals surface area (Å²) >= 11 is 0. The van der Waals surface area contributed by atoms with Gasteiger partial charge in [-0.3, -0.25) is 24.5 Å². The van der Waals surface area contributed by atoms with Crippen LogP contribution in [0.15, 0.2) is 55.0 Å². The van der Waals surface area contributed by atoms with Gasteiger partial charge in [0.1, 0.15) is 17.1 Å². The number of benzene rings is 2. The Morgan fingerprint density at radius 3 is 2.58 bits per heavy atom. The van der Waals surface area contributed by atoms with Crippen molar-refractivity contribution in [2.24, 2.45) is 11.3 Å². The van der Waals surface area contributed by atoms with Gasteiger partial charge in [0.15, 0.2) is 5.65 Å². The summed E-state index contributed by atoms with van der Waals surface area (Å²) in [7, 11) is 0. The molecule has 0 bridgehead atoms.